The van der Waals surface area contributed by atoms with Crippen LogP contribution >= 0.6 is 0 Å². The van der Waals surface area contributed by atoms with Crippen LogP contribution in [0.25, 0.3) is 0 Å². The van der Waals surface area contributed by atoms with E-state index in [4.69, 9.17) is 0 Å². The van der Waals surface area contributed by atoms with Crippen LogP contribution in [0.3, 0.4) is 0 Å². The Balaban J connectivity index is 2.35. The van der Waals surface area contributed by atoms with Crippen molar-refractivity contribution < 1.29 is 13.2 Å². The van der Waals surface area contributed by atoms with E-state index in [9.17, 15) is 13.2 Å². The molecule has 0 radical (unpaired) electrons. The minimum absolute atomic E-state index is 0.0222. The monoisotopic (exact) mass is 318 g/mol. The van der Waals surface area contributed by atoms with E-state index >= 15 is 0 Å². The maximum absolute atomic E-state index is 11.9. The van der Waals surface area contributed by atoms with Gasteiger partial charge >= 0.3 is 0 Å². The van der Waals surface area contributed by atoms with Gasteiger partial charge in [-0.05, 0) is 19.3 Å². The van der Waals surface area contributed by atoms with Crippen LogP contribution in [0.1, 0.15) is 64.7 Å². The van der Waals surface area contributed by atoms with Crippen LogP contribution < -0.4 is 5.32 Å². The lowest BCUT2D eigenvalue weighted by molar-refractivity contribution is -0.122. The number of rotatable bonds is 9. The van der Waals surface area contributed by atoms with Crippen molar-refractivity contribution in [3.8, 4) is 0 Å². The zero-order chi connectivity index (χ0) is 15.7. The first-order valence-electron chi connectivity index (χ1n) is 8.18. The number of hydrogen-bond donors (Lipinski definition) is 1. The van der Waals surface area contributed by atoms with E-state index in [0.717, 1.165) is 32.1 Å². The summed E-state index contributed by atoms with van der Waals surface area (Å²) in [6.07, 6.45) is 10.1. The Kier molecular flexibility index (Phi) is 8.26. The van der Waals surface area contributed by atoms with Gasteiger partial charge in [0.05, 0.1) is 6.26 Å². The van der Waals surface area contributed by atoms with E-state index in [0.29, 0.717) is 13.1 Å². The number of sulfonamides is 1. The lowest BCUT2D eigenvalue weighted by Crippen LogP contribution is -2.39. The van der Waals surface area contributed by atoms with E-state index in [2.05, 4.69) is 12.2 Å². The first kappa shape index (κ1) is 18.4. The predicted molar refractivity (Wildman–Crippen MR) is 85.6 cm³/mol. The van der Waals surface area contributed by atoms with Crippen molar-refractivity contribution in [1.29, 1.82) is 0 Å². The third-order valence-corrected chi connectivity index (χ3v) is 5.34. The van der Waals surface area contributed by atoms with Crippen LogP contribution in [-0.4, -0.2) is 44.0 Å². The lowest BCUT2D eigenvalue weighted by Gasteiger charge is -2.24. The highest BCUT2D eigenvalue weighted by Crippen LogP contribution is 2.17. The largest absolute Gasteiger partial charge is 0.353 e. The van der Waals surface area contributed by atoms with E-state index in [1.807, 2.05) is 0 Å². The van der Waals surface area contributed by atoms with Gasteiger partial charge in [0.25, 0.3) is 0 Å². The van der Waals surface area contributed by atoms with E-state index in [-0.39, 0.29) is 18.4 Å². The molecule has 0 unspecified atom stereocenters. The summed E-state index contributed by atoms with van der Waals surface area (Å²) in [6.45, 7) is 2.90. The summed E-state index contributed by atoms with van der Waals surface area (Å²) < 4.78 is 24.9. The fourth-order valence-corrected chi connectivity index (χ4v) is 3.64. The van der Waals surface area contributed by atoms with Gasteiger partial charge in [-0.25, -0.2) is 12.7 Å². The maximum atomic E-state index is 11.9. The first-order chi connectivity index (χ1) is 9.93. The standard InChI is InChI=1S/C15H30N2O3S/c1-3-4-8-12-17(21(2,19)20)13-11-15(18)16-14-9-6-5-7-10-14/h14H,3-13H2,1-2H3,(H,16,18). The summed E-state index contributed by atoms with van der Waals surface area (Å²) in [5.74, 6) is -0.0222. The summed E-state index contributed by atoms with van der Waals surface area (Å²) >= 11 is 0. The van der Waals surface area contributed by atoms with Crippen LogP contribution in [0.5, 0.6) is 0 Å². The summed E-state index contributed by atoms with van der Waals surface area (Å²) in [5, 5.41) is 3.03. The van der Waals surface area contributed by atoms with Crippen LogP contribution in [-0.2, 0) is 14.8 Å². The average molecular weight is 318 g/mol. The van der Waals surface area contributed by atoms with Crippen LogP contribution in [0.15, 0.2) is 0 Å². The molecule has 1 amide bonds. The molecule has 0 saturated heterocycles. The molecular formula is C15H30N2O3S. The molecule has 1 rings (SSSR count). The molecule has 0 bridgehead atoms. The maximum Gasteiger partial charge on any atom is 0.221 e. The van der Waals surface area contributed by atoms with Gasteiger partial charge in [0.15, 0.2) is 0 Å². The highest BCUT2D eigenvalue weighted by Gasteiger charge is 2.19. The topological polar surface area (TPSA) is 66.5 Å². The quantitative estimate of drug-likeness (QED) is 0.663. The van der Waals surface area contributed by atoms with Gasteiger partial charge in [0.2, 0.25) is 15.9 Å². The number of carbonyl (C=O) groups excluding carboxylic acids is 1. The van der Waals surface area contributed by atoms with Crippen molar-refractivity contribution in [1.82, 2.24) is 9.62 Å². The van der Waals surface area contributed by atoms with Crippen LogP contribution in [0.4, 0.5) is 0 Å². The smallest absolute Gasteiger partial charge is 0.221 e. The molecule has 124 valence electrons. The number of unbranched alkanes of at least 4 members (excludes halogenated alkanes) is 2. The normalized spacial score (nSPS) is 17.1. The Morgan fingerprint density at radius 2 is 1.81 bits per heavy atom. The van der Waals surface area contributed by atoms with Crippen molar-refractivity contribution in [2.24, 2.45) is 0 Å². The van der Waals surface area contributed by atoms with Gasteiger partial charge in [-0.3, -0.25) is 4.79 Å². The summed E-state index contributed by atoms with van der Waals surface area (Å²) in [5.41, 5.74) is 0. The molecule has 5 nitrogen and oxygen atoms in total. The fraction of sp³-hybridized carbons (Fsp3) is 0.933. The second-order valence-corrected chi connectivity index (χ2v) is 8.00. The SMILES string of the molecule is CCCCCN(CCC(=O)NC1CCCCC1)S(C)(=O)=O. The lowest BCUT2D eigenvalue weighted by atomic mass is 9.95. The molecule has 1 aliphatic rings. The Hall–Kier alpha value is -0.620. The zero-order valence-electron chi connectivity index (χ0n) is 13.4. The van der Waals surface area contributed by atoms with Gasteiger partial charge in [-0.1, -0.05) is 39.0 Å². The molecule has 1 N–H and O–H groups in total. The Morgan fingerprint density at radius 1 is 1.14 bits per heavy atom. The van der Waals surface area contributed by atoms with Crippen molar-refractivity contribution in [2.45, 2.75) is 70.8 Å². The molecule has 1 fully saturated rings. The molecule has 0 spiro atoms. The van der Waals surface area contributed by atoms with Crippen molar-refractivity contribution in [2.75, 3.05) is 19.3 Å². The Labute approximate surface area is 129 Å². The fourth-order valence-electron chi connectivity index (χ4n) is 2.75. The predicted octanol–water partition coefficient (Wildman–Crippen LogP) is 2.28. The van der Waals surface area contributed by atoms with Crippen molar-refractivity contribution in [3.63, 3.8) is 0 Å². The molecule has 0 aromatic rings. The summed E-state index contributed by atoms with van der Waals surface area (Å²) in [6, 6.07) is 0.290. The van der Waals surface area contributed by atoms with E-state index in [1.165, 1.54) is 29.8 Å². The summed E-state index contributed by atoms with van der Waals surface area (Å²) in [4.78, 5) is 11.9. The minimum atomic E-state index is -3.22. The second-order valence-electron chi connectivity index (χ2n) is 6.02. The highest BCUT2D eigenvalue weighted by molar-refractivity contribution is 7.88. The molecule has 0 atom stereocenters. The van der Waals surface area contributed by atoms with Crippen molar-refractivity contribution >= 4 is 15.9 Å². The molecular weight excluding hydrogens is 288 g/mol. The van der Waals surface area contributed by atoms with Crippen LogP contribution in [0.2, 0.25) is 0 Å². The number of nitrogens with one attached hydrogen (secondary N) is 1. The Bertz CT molecular complexity index is 403. The van der Waals surface area contributed by atoms with Gasteiger partial charge in [-0.2, -0.15) is 0 Å². The van der Waals surface area contributed by atoms with E-state index in [1.54, 1.807) is 0 Å². The zero-order valence-corrected chi connectivity index (χ0v) is 14.3. The molecule has 21 heavy (non-hydrogen) atoms. The molecule has 1 saturated carbocycles. The van der Waals surface area contributed by atoms with Gasteiger partial charge < -0.3 is 5.32 Å². The average Bonchev–Trinajstić information content (AvgIpc) is 2.42. The first-order valence-corrected chi connectivity index (χ1v) is 10.0. The number of amides is 1. The molecule has 0 aliphatic heterocycles. The minimum Gasteiger partial charge on any atom is -0.353 e. The molecule has 0 aromatic heterocycles. The van der Waals surface area contributed by atoms with E-state index < -0.39 is 10.0 Å². The van der Waals surface area contributed by atoms with Gasteiger partial charge in [-0.15, -0.1) is 0 Å². The molecule has 0 aromatic carbocycles. The molecule has 6 heteroatoms. The molecule has 0 heterocycles. The van der Waals surface area contributed by atoms with Gasteiger partial charge in [0.1, 0.15) is 0 Å². The van der Waals surface area contributed by atoms with Gasteiger partial charge in [0, 0.05) is 25.6 Å². The van der Waals surface area contributed by atoms with Crippen molar-refractivity contribution in [3.05, 3.63) is 0 Å². The third-order valence-electron chi connectivity index (χ3n) is 4.04. The molecule has 1 aliphatic carbocycles. The summed E-state index contributed by atoms with van der Waals surface area (Å²) in [7, 11) is -3.22. The Morgan fingerprint density at radius 3 is 2.38 bits per heavy atom. The number of carbonyl (C=O) groups is 1. The number of nitrogens with zero attached hydrogens (tertiary/aromatic N) is 1. The highest BCUT2D eigenvalue weighted by atomic mass is 32.2. The third kappa shape index (κ3) is 7.81. The second kappa shape index (κ2) is 9.41. The van der Waals surface area contributed by atoms with Crippen LogP contribution in [0, 0.1) is 0 Å². The number of hydrogen-bond acceptors (Lipinski definition) is 3.